The van der Waals surface area contributed by atoms with Gasteiger partial charge in [-0.05, 0) is 55.6 Å². The molecule has 0 fully saturated rings. The fourth-order valence-corrected chi connectivity index (χ4v) is 3.27. The Morgan fingerprint density at radius 3 is 2.12 bits per heavy atom. The van der Waals surface area contributed by atoms with E-state index in [4.69, 9.17) is 0 Å². The van der Waals surface area contributed by atoms with Gasteiger partial charge in [-0.25, -0.2) is 0 Å². The normalized spacial score (nSPS) is 11.5. The molecule has 0 saturated heterocycles. The van der Waals surface area contributed by atoms with Crippen LogP contribution in [0.25, 0.3) is 22.5 Å². The van der Waals surface area contributed by atoms with Crippen molar-refractivity contribution in [1.29, 1.82) is 0 Å². The van der Waals surface area contributed by atoms with Gasteiger partial charge in [0.2, 0.25) is 5.91 Å². The second-order valence-electron chi connectivity index (χ2n) is 7.86. The minimum atomic E-state index is -4.42. The molecule has 33 heavy (non-hydrogen) atoms. The van der Waals surface area contributed by atoms with E-state index in [0.29, 0.717) is 46.9 Å². The van der Waals surface area contributed by atoms with Gasteiger partial charge in [0.05, 0.1) is 16.8 Å². The first-order valence-corrected chi connectivity index (χ1v) is 10.3. The monoisotopic (exact) mass is 458 g/mol. The summed E-state index contributed by atoms with van der Waals surface area (Å²) in [6.07, 6.45) is -4.42. The van der Waals surface area contributed by atoms with E-state index in [1.54, 1.807) is 30.3 Å². The summed E-state index contributed by atoms with van der Waals surface area (Å²) < 4.78 is 38.7. The summed E-state index contributed by atoms with van der Waals surface area (Å²) in [5, 5.41) is 5.55. The van der Waals surface area contributed by atoms with Crippen LogP contribution in [0.15, 0.2) is 54.6 Å². The average molecular weight is 458 g/mol. The Morgan fingerprint density at radius 1 is 0.970 bits per heavy atom. The minimum Gasteiger partial charge on any atom is -0.354 e. The van der Waals surface area contributed by atoms with Crippen molar-refractivity contribution in [3.8, 4) is 22.5 Å². The number of hydrogen-bond acceptors (Lipinski definition) is 3. The lowest BCUT2D eigenvalue weighted by molar-refractivity contribution is -0.137. The number of benzene rings is 2. The molecule has 0 aliphatic heterocycles. The van der Waals surface area contributed by atoms with Gasteiger partial charge in [0, 0.05) is 31.4 Å². The van der Waals surface area contributed by atoms with Gasteiger partial charge in [0.25, 0.3) is 5.91 Å². The number of likely N-dealkylation sites (N-methyl/N-ethyl adjacent to an activating group) is 1. The van der Waals surface area contributed by atoms with E-state index in [1.165, 1.54) is 19.1 Å². The molecular formula is C24H25F3N4O2. The summed E-state index contributed by atoms with van der Waals surface area (Å²) in [6.45, 7) is 2.50. The number of anilines is 1. The van der Waals surface area contributed by atoms with Crippen molar-refractivity contribution >= 4 is 17.5 Å². The third-order valence-corrected chi connectivity index (χ3v) is 4.92. The highest BCUT2D eigenvalue weighted by Gasteiger charge is 2.30. The third-order valence-electron chi connectivity index (χ3n) is 4.92. The van der Waals surface area contributed by atoms with Crippen LogP contribution < -0.4 is 10.6 Å². The molecule has 174 valence electrons. The summed E-state index contributed by atoms with van der Waals surface area (Å²) in [7, 11) is 3.79. The maximum absolute atomic E-state index is 12.9. The molecule has 1 heterocycles. The molecule has 0 aliphatic rings. The van der Waals surface area contributed by atoms with Crippen LogP contribution in [0.1, 0.15) is 22.8 Å². The number of carbonyl (C=O) groups is 2. The second-order valence-corrected chi connectivity index (χ2v) is 7.86. The molecule has 0 aliphatic carbocycles. The molecule has 1 aromatic heterocycles. The SMILES string of the molecule is CC(=O)Nc1ccc(-c2[nH]c(-c3ccc(C(F)(F)F)cc3)cc2C(=O)NCCN(C)C)cc1. The van der Waals surface area contributed by atoms with Gasteiger partial charge < -0.3 is 20.5 Å². The number of aromatic nitrogens is 1. The van der Waals surface area contributed by atoms with E-state index in [1.807, 2.05) is 19.0 Å². The van der Waals surface area contributed by atoms with Gasteiger partial charge in [0.15, 0.2) is 0 Å². The molecule has 2 aromatic carbocycles. The van der Waals surface area contributed by atoms with Crippen molar-refractivity contribution in [2.45, 2.75) is 13.1 Å². The number of amides is 2. The fraction of sp³-hybridized carbons (Fsp3) is 0.250. The van der Waals surface area contributed by atoms with Crippen LogP contribution in [0, 0.1) is 0 Å². The summed E-state index contributed by atoms with van der Waals surface area (Å²) in [5.41, 5.74) is 2.50. The number of nitrogens with zero attached hydrogens (tertiary/aromatic N) is 1. The molecule has 0 radical (unpaired) electrons. The van der Waals surface area contributed by atoms with Crippen molar-refractivity contribution in [3.05, 3.63) is 65.7 Å². The maximum atomic E-state index is 12.9. The lowest BCUT2D eigenvalue weighted by Crippen LogP contribution is -2.31. The highest BCUT2D eigenvalue weighted by atomic mass is 19.4. The fourth-order valence-electron chi connectivity index (χ4n) is 3.27. The molecule has 0 bridgehead atoms. The van der Waals surface area contributed by atoms with Crippen LogP contribution in [0.5, 0.6) is 0 Å². The van der Waals surface area contributed by atoms with E-state index in [-0.39, 0.29) is 11.8 Å². The van der Waals surface area contributed by atoms with E-state index < -0.39 is 11.7 Å². The number of alkyl halides is 3. The molecule has 3 rings (SSSR count). The first-order chi connectivity index (χ1) is 15.5. The third kappa shape index (κ3) is 6.23. The standard InChI is InChI=1S/C24H25F3N4O2/c1-15(32)29-19-10-6-17(7-11-19)22-20(23(33)28-12-13-31(2)3)14-21(30-22)16-4-8-18(9-5-16)24(25,26)27/h4-11,14,30H,12-13H2,1-3H3,(H,28,33)(H,29,32). The van der Waals surface area contributed by atoms with Crippen LogP contribution in [-0.4, -0.2) is 48.9 Å². The molecule has 0 unspecified atom stereocenters. The zero-order chi connectivity index (χ0) is 24.2. The smallest absolute Gasteiger partial charge is 0.354 e. The predicted molar refractivity (Wildman–Crippen MR) is 122 cm³/mol. The van der Waals surface area contributed by atoms with Crippen LogP contribution in [0.4, 0.5) is 18.9 Å². The Balaban J connectivity index is 1.97. The van der Waals surface area contributed by atoms with Crippen LogP contribution in [-0.2, 0) is 11.0 Å². The molecule has 3 N–H and O–H groups in total. The Bertz CT molecular complexity index is 1120. The van der Waals surface area contributed by atoms with Crippen LogP contribution in [0.3, 0.4) is 0 Å². The number of H-pyrrole nitrogens is 1. The van der Waals surface area contributed by atoms with E-state index >= 15 is 0 Å². The van der Waals surface area contributed by atoms with Crippen molar-refractivity contribution in [3.63, 3.8) is 0 Å². The number of aromatic amines is 1. The molecule has 2 amide bonds. The Morgan fingerprint density at radius 2 is 1.58 bits per heavy atom. The van der Waals surface area contributed by atoms with E-state index in [2.05, 4.69) is 15.6 Å². The highest BCUT2D eigenvalue weighted by molar-refractivity contribution is 6.02. The zero-order valence-corrected chi connectivity index (χ0v) is 18.5. The van der Waals surface area contributed by atoms with E-state index in [0.717, 1.165) is 12.1 Å². The largest absolute Gasteiger partial charge is 0.416 e. The average Bonchev–Trinajstić information content (AvgIpc) is 3.18. The molecule has 0 spiro atoms. The zero-order valence-electron chi connectivity index (χ0n) is 18.5. The lowest BCUT2D eigenvalue weighted by Gasteiger charge is -2.11. The summed E-state index contributed by atoms with van der Waals surface area (Å²) in [5.74, 6) is -0.500. The Kier molecular flexibility index (Phi) is 7.23. The predicted octanol–water partition coefficient (Wildman–Crippen LogP) is 4.62. The van der Waals surface area contributed by atoms with Gasteiger partial charge in [-0.3, -0.25) is 9.59 Å². The van der Waals surface area contributed by atoms with Crippen molar-refractivity contribution in [2.24, 2.45) is 0 Å². The molecule has 9 heteroatoms. The van der Waals surface area contributed by atoms with Gasteiger partial charge in [-0.2, -0.15) is 13.2 Å². The topological polar surface area (TPSA) is 77.2 Å². The Labute approximate surface area is 189 Å². The van der Waals surface area contributed by atoms with Crippen molar-refractivity contribution < 1.29 is 22.8 Å². The molecule has 0 atom stereocenters. The molecule has 0 saturated carbocycles. The first-order valence-electron chi connectivity index (χ1n) is 10.3. The van der Waals surface area contributed by atoms with E-state index in [9.17, 15) is 22.8 Å². The summed E-state index contributed by atoms with van der Waals surface area (Å²) in [6, 6.07) is 13.3. The van der Waals surface area contributed by atoms with Crippen LogP contribution >= 0.6 is 0 Å². The molecule has 6 nitrogen and oxygen atoms in total. The van der Waals surface area contributed by atoms with Crippen molar-refractivity contribution in [2.75, 3.05) is 32.5 Å². The molecule has 3 aromatic rings. The molecular weight excluding hydrogens is 433 g/mol. The number of nitrogens with one attached hydrogen (secondary N) is 3. The number of hydrogen-bond donors (Lipinski definition) is 3. The minimum absolute atomic E-state index is 0.201. The van der Waals surface area contributed by atoms with Gasteiger partial charge >= 0.3 is 6.18 Å². The van der Waals surface area contributed by atoms with Crippen LogP contribution in [0.2, 0.25) is 0 Å². The number of carbonyl (C=O) groups excluding carboxylic acids is 2. The second kappa shape index (κ2) is 9.91. The summed E-state index contributed by atoms with van der Waals surface area (Å²) >= 11 is 0. The summed E-state index contributed by atoms with van der Waals surface area (Å²) in [4.78, 5) is 29.3. The number of rotatable bonds is 7. The van der Waals surface area contributed by atoms with Gasteiger partial charge in [-0.1, -0.05) is 24.3 Å². The lowest BCUT2D eigenvalue weighted by atomic mass is 10.1. The van der Waals surface area contributed by atoms with Crippen molar-refractivity contribution in [1.82, 2.24) is 15.2 Å². The quantitative estimate of drug-likeness (QED) is 0.484. The first kappa shape index (κ1) is 24.1. The number of halogens is 3. The Hall–Kier alpha value is -3.59. The highest BCUT2D eigenvalue weighted by Crippen LogP contribution is 2.33. The van der Waals surface area contributed by atoms with Gasteiger partial charge in [0.1, 0.15) is 0 Å². The maximum Gasteiger partial charge on any atom is 0.416 e. The van der Waals surface area contributed by atoms with Gasteiger partial charge in [-0.15, -0.1) is 0 Å².